The summed E-state index contributed by atoms with van der Waals surface area (Å²) in [6.45, 7) is 3.14. The molecule has 1 fully saturated rings. The minimum absolute atomic E-state index is 0.122. The number of ether oxygens (including phenoxy) is 2. The number of carbonyl (C=O) groups is 2. The first kappa shape index (κ1) is 19.9. The van der Waals surface area contributed by atoms with Gasteiger partial charge in [0.15, 0.2) is 0 Å². The van der Waals surface area contributed by atoms with E-state index in [1.165, 1.54) is 7.11 Å². The third-order valence-corrected chi connectivity index (χ3v) is 5.05. The second kappa shape index (κ2) is 8.89. The van der Waals surface area contributed by atoms with Crippen LogP contribution in [0.5, 0.6) is 5.75 Å². The van der Waals surface area contributed by atoms with Crippen molar-refractivity contribution < 1.29 is 19.1 Å². The number of amides is 1. The minimum atomic E-state index is -0.389. The van der Waals surface area contributed by atoms with E-state index in [1.807, 2.05) is 60.4 Å². The molecule has 2 atom stereocenters. The average Bonchev–Trinajstić information content (AvgIpc) is 3.10. The van der Waals surface area contributed by atoms with Gasteiger partial charge in [0.25, 0.3) is 5.91 Å². The molecule has 6 nitrogen and oxygen atoms in total. The van der Waals surface area contributed by atoms with Gasteiger partial charge in [-0.25, -0.2) is 0 Å². The predicted octanol–water partition coefficient (Wildman–Crippen LogP) is 2.55. The van der Waals surface area contributed by atoms with Crippen molar-refractivity contribution in [3.8, 4) is 5.75 Å². The number of nitrogens with one attached hydrogen (secondary N) is 1. The van der Waals surface area contributed by atoms with Crippen LogP contribution in [0.4, 0.5) is 0 Å². The van der Waals surface area contributed by atoms with Gasteiger partial charge in [0, 0.05) is 24.7 Å². The highest BCUT2D eigenvalue weighted by atomic mass is 16.5. The van der Waals surface area contributed by atoms with E-state index < -0.39 is 0 Å². The number of aryl methyl sites for hydroxylation is 1. The summed E-state index contributed by atoms with van der Waals surface area (Å²) in [6, 6.07) is 14.7. The molecule has 0 aromatic heterocycles. The van der Waals surface area contributed by atoms with Crippen LogP contribution in [0.1, 0.15) is 27.9 Å². The van der Waals surface area contributed by atoms with Crippen LogP contribution in [0, 0.1) is 6.92 Å². The molecule has 148 valence electrons. The topological polar surface area (TPSA) is 67.9 Å². The van der Waals surface area contributed by atoms with Gasteiger partial charge in [0.05, 0.1) is 14.2 Å². The van der Waals surface area contributed by atoms with E-state index in [9.17, 15) is 9.59 Å². The van der Waals surface area contributed by atoms with E-state index in [-0.39, 0.29) is 24.0 Å². The number of rotatable bonds is 6. The molecular weight excluding hydrogens is 356 g/mol. The monoisotopic (exact) mass is 382 g/mol. The van der Waals surface area contributed by atoms with Gasteiger partial charge >= 0.3 is 5.97 Å². The molecule has 1 amide bonds. The standard InChI is InChI=1S/C22H26N2O4/c1-15-7-9-17(10-8-15)21(25)23-18-12-20(22(26)28-3)24(14-18)13-16-5-4-6-19(11-16)27-2/h4-11,18,20H,12-14H2,1-3H3,(H,23,25)/t18-,20+/m1/s1. The van der Waals surface area contributed by atoms with Gasteiger partial charge in [-0.2, -0.15) is 0 Å². The summed E-state index contributed by atoms with van der Waals surface area (Å²) in [5.74, 6) is 0.363. The first-order chi connectivity index (χ1) is 13.5. The molecule has 1 aliphatic rings. The van der Waals surface area contributed by atoms with Crippen LogP contribution in [0.25, 0.3) is 0 Å². The smallest absolute Gasteiger partial charge is 0.323 e. The highest BCUT2D eigenvalue weighted by Gasteiger charge is 2.38. The SMILES string of the molecule is COC(=O)[C@@H]1C[C@@H](NC(=O)c2ccc(C)cc2)CN1Cc1cccc(OC)c1. The number of hydrogen-bond donors (Lipinski definition) is 1. The molecule has 3 rings (SSSR count). The Balaban J connectivity index is 1.70. The minimum Gasteiger partial charge on any atom is -0.497 e. The molecule has 0 aliphatic carbocycles. The van der Waals surface area contributed by atoms with E-state index in [0.717, 1.165) is 16.9 Å². The lowest BCUT2D eigenvalue weighted by molar-refractivity contribution is -0.146. The third kappa shape index (κ3) is 4.70. The number of benzene rings is 2. The Hall–Kier alpha value is -2.86. The maximum Gasteiger partial charge on any atom is 0.323 e. The Kier molecular flexibility index (Phi) is 6.31. The third-order valence-electron chi connectivity index (χ3n) is 5.05. The zero-order chi connectivity index (χ0) is 20.1. The summed E-state index contributed by atoms with van der Waals surface area (Å²) in [5, 5.41) is 3.05. The average molecular weight is 382 g/mol. The van der Waals surface area contributed by atoms with Gasteiger partial charge < -0.3 is 14.8 Å². The molecule has 2 aromatic rings. The molecule has 0 bridgehead atoms. The molecule has 1 saturated heterocycles. The number of likely N-dealkylation sites (tertiary alicyclic amines) is 1. The lowest BCUT2D eigenvalue weighted by Gasteiger charge is -2.22. The molecule has 6 heteroatoms. The van der Waals surface area contributed by atoms with E-state index in [0.29, 0.717) is 25.1 Å². The molecule has 0 unspecified atom stereocenters. The molecule has 1 aliphatic heterocycles. The molecule has 1 N–H and O–H groups in total. The van der Waals surface area contributed by atoms with Gasteiger partial charge in [0.2, 0.25) is 0 Å². The molecule has 0 radical (unpaired) electrons. The fourth-order valence-electron chi connectivity index (χ4n) is 3.54. The highest BCUT2D eigenvalue weighted by molar-refractivity contribution is 5.94. The highest BCUT2D eigenvalue weighted by Crippen LogP contribution is 2.23. The van der Waals surface area contributed by atoms with Crippen LogP contribution in [0.2, 0.25) is 0 Å². The molecule has 0 saturated carbocycles. The largest absolute Gasteiger partial charge is 0.497 e. The van der Waals surface area contributed by atoms with E-state index in [2.05, 4.69) is 5.32 Å². The lowest BCUT2D eigenvalue weighted by atomic mass is 10.1. The Morgan fingerprint density at radius 1 is 1.14 bits per heavy atom. The first-order valence-corrected chi connectivity index (χ1v) is 9.32. The predicted molar refractivity (Wildman–Crippen MR) is 106 cm³/mol. The molecular formula is C22H26N2O4. The maximum absolute atomic E-state index is 12.5. The maximum atomic E-state index is 12.5. The Bertz CT molecular complexity index is 835. The quantitative estimate of drug-likeness (QED) is 0.778. The van der Waals surface area contributed by atoms with Crippen LogP contribution in [0.3, 0.4) is 0 Å². The van der Waals surface area contributed by atoms with Gasteiger partial charge in [0.1, 0.15) is 11.8 Å². The summed E-state index contributed by atoms with van der Waals surface area (Å²) in [7, 11) is 3.02. The van der Waals surface area contributed by atoms with Crippen molar-refractivity contribution in [2.45, 2.75) is 32.0 Å². The summed E-state index contributed by atoms with van der Waals surface area (Å²) >= 11 is 0. The molecule has 0 spiro atoms. The number of carbonyl (C=O) groups excluding carboxylic acids is 2. The van der Waals surface area contributed by atoms with Crippen LogP contribution < -0.4 is 10.1 Å². The normalized spacial score (nSPS) is 19.2. The summed E-state index contributed by atoms with van der Waals surface area (Å²) < 4.78 is 10.3. The van der Waals surface area contributed by atoms with Gasteiger partial charge in [-0.1, -0.05) is 29.8 Å². The van der Waals surface area contributed by atoms with Crippen molar-refractivity contribution in [1.82, 2.24) is 10.2 Å². The van der Waals surface area contributed by atoms with Crippen molar-refractivity contribution in [1.29, 1.82) is 0 Å². The van der Waals surface area contributed by atoms with Gasteiger partial charge in [-0.15, -0.1) is 0 Å². The summed E-state index contributed by atoms with van der Waals surface area (Å²) in [5.41, 5.74) is 2.76. The lowest BCUT2D eigenvalue weighted by Crippen LogP contribution is -2.37. The van der Waals surface area contributed by atoms with Crippen molar-refractivity contribution in [2.24, 2.45) is 0 Å². The number of esters is 1. The fourth-order valence-corrected chi connectivity index (χ4v) is 3.54. The number of methoxy groups -OCH3 is 2. The van der Waals surface area contributed by atoms with Crippen LogP contribution >= 0.6 is 0 Å². The molecule has 2 aromatic carbocycles. The second-order valence-corrected chi connectivity index (χ2v) is 7.09. The summed E-state index contributed by atoms with van der Waals surface area (Å²) in [4.78, 5) is 26.9. The zero-order valence-corrected chi connectivity index (χ0v) is 16.5. The number of hydrogen-bond acceptors (Lipinski definition) is 5. The second-order valence-electron chi connectivity index (χ2n) is 7.09. The summed E-state index contributed by atoms with van der Waals surface area (Å²) in [6.07, 6.45) is 0.522. The molecule has 28 heavy (non-hydrogen) atoms. The number of nitrogens with zero attached hydrogens (tertiary/aromatic N) is 1. The Morgan fingerprint density at radius 3 is 2.57 bits per heavy atom. The van der Waals surface area contributed by atoms with Crippen molar-refractivity contribution in [2.75, 3.05) is 20.8 Å². The van der Waals surface area contributed by atoms with Crippen LogP contribution in [0.15, 0.2) is 48.5 Å². The molecule has 1 heterocycles. The first-order valence-electron chi connectivity index (χ1n) is 9.32. The van der Waals surface area contributed by atoms with E-state index in [1.54, 1.807) is 7.11 Å². The van der Waals surface area contributed by atoms with Crippen LogP contribution in [-0.2, 0) is 16.1 Å². The fraction of sp³-hybridized carbons (Fsp3) is 0.364. The van der Waals surface area contributed by atoms with Crippen molar-refractivity contribution in [3.63, 3.8) is 0 Å². The van der Waals surface area contributed by atoms with Crippen LogP contribution in [-0.4, -0.2) is 49.6 Å². The van der Waals surface area contributed by atoms with Crippen molar-refractivity contribution in [3.05, 3.63) is 65.2 Å². The zero-order valence-electron chi connectivity index (χ0n) is 16.5. The van der Waals surface area contributed by atoms with Gasteiger partial charge in [-0.3, -0.25) is 14.5 Å². The van der Waals surface area contributed by atoms with Crippen molar-refractivity contribution >= 4 is 11.9 Å². The Labute approximate surface area is 165 Å². The van der Waals surface area contributed by atoms with E-state index in [4.69, 9.17) is 9.47 Å². The Morgan fingerprint density at radius 2 is 1.89 bits per heavy atom. The van der Waals surface area contributed by atoms with Gasteiger partial charge in [-0.05, 0) is 43.2 Å². The van der Waals surface area contributed by atoms with E-state index >= 15 is 0 Å².